The zero-order valence-corrected chi connectivity index (χ0v) is 12.4. The van der Waals surface area contributed by atoms with Gasteiger partial charge in [-0.15, -0.1) is 0 Å². The van der Waals surface area contributed by atoms with Crippen molar-refractivity contribution < 1.29 is 30.0 Å². The third-order valence-electron chi connectivity index (χ3n) is 2.94. The lowest BCUT2D eigenvalue weighted by molar-refractivity contribution is -0.139. The SMILES string of the molecule is CCC(O)CC(CC)CO.O=C(O)CCCCC(=O)O. The van der Waals surface area contributed by atoms with Gasteiger partial charge in [0, 0.05) is 19.4 Å². The molecule has 0 rings (SSSR count). The minimum absolute atomic E-state index is 0.0628. The highest BCUT2D eigenvalue weighted by Crippen LogP contribution is 2.11. The van der Waals surface area contributed by atoms with E-state index in [9.17, 15) is 14.7 Å². The van der Waals surface area contributed by atoms with E-state index >= 15 is 0 Å². The summed E-state index contributed by atoms with van der Waals surface area (Å²) in [6.45, 7) is 4.19. The molecule has 6 heteroatoms. The summed E-state index contributed by atoms with van der Waals surface area (Å²) in [4.78, 5) is 19.8. The van der Waals surface area contributed by atoms with Crippen molar-refractivity contribution in [3.05, 3.63) is 0 Å². The summed E-state index contributed by atoms with van der Waals surface area (Å²) in [5, 5.41) is 34.2. The molecule has 0 radical (unpaired) electrons. The van der Waals surface area contributed by atoms with Gasteiger partial charge >= 0.3 is 11.9 Å². The second-order valence-electron chi connectivity index (χ2n) is 4.75. The van der Waals surface area contributed by atoms with Crippen LogP contribution in [0.25, 0.3) is 0 Å². The van der Waals surface area contributed by atoms with E-state index in [-0.39, 0.29) is 31.5 Å². The number of rotatable bonds is 10. The summed E-state index contributed by atoms with van der Waals surface area (Å²) < 4.78 is 0. The van der Waals surface area contributed by atoms with Gasteiger partial charge in [-0.25, -0.2) is 0 Å². The number of carbonyl (C=O) groups is 2. The van der Waals surface area contributed by atoms with Crippen molar-refractivity contribution in [3.8, 4) is 0 Å². The van der Waals surface area contributed by atoms with Crippen LogP contribution in [-0.2, 0) is 9.59 Å². The molecule has 0 aromatic rings. The number of aliphatic hydroxyl groups is 2. The fourth-order valence-corrected chi connectivity index (χ4v) is 1.47. The second-order valence-corrected chi connectivity index (χ2v) is 4.75. The molecule has 0 saturated carbocycles. The minimum atomic E-state index is -0.870. The van der Waals surface area contributed by atoms with Gasteiger partial charge in [0.1, 0.15) is 0 Å². The molecule has 6 nitrogen and oxygen atoms in total. The Morgan fingerprint density at radius 2 is 1.40 bits per heavy atom. The van der Waals surface area contributed by atoms with Gasteiger partial charge in [0.05, 0.1) is 6.10 Å². The Bertz CT molecular complexity index is 234. The zero-order valence-electron chi connectivity index (χ0n) is 12.4. The largest absolute Gasteiger partial charge is 0.481 e. The van der Waals surface area contributed by atoms with Crippen LogP contribution >= 0.6 is 0 Å². The number of carboxylic acids is 2. The van der Waals surface area contributed by atoms with Crippen LogP contribution in [0.1, 0.15) is 58.8 Å². The first-order chi connectivity index (χ1) is 9.37. The first-order valence-corrected chi connectivity index (χ1v) is 7.09. The van der Waals surface area contributed by atoms with Crippen LogP contribution in [0.4, 0.5) is 0 Å². The van der Waals surface area contributed by atoms with Gasteiger partial charge < -0.3 is 20.4 Å². The third-order valence-corrected chi connectivity index (χ3v) is 2.94. The second kappa shape index (κ2) is 14.3. The molecule has 20 heavy (non-hydrogen) atoms. The third kappa shape index (κ3) is 16.9. The summed E-state index contributed by atoms with van der Waals surface area (Å²) in [6.07, 6.45) is 3.27. The average Bonchev–Trinajstić information content (AvgIpc) is 2.41. The van der Waals surface area contributed by atoms with E-state index in [4.69, 9.17) is 15.3 Å². The predicted molar refractivity (Wildman–Crippen MR) is 75.5 cm³/mol. The van der Waals surface area contributed by atoms with Crippen LogP contribution in [0.3, 0.4) is 0 Å². The molecule has 0 fully saturated rings. The lowest BCUT2D eigenvalue weighted by Gasteiger charge is -2.14. The maximum Gasteiger partial charge on any atom is 0.303 e. The van der Waals surface area contributed by atoms with Crippen molar-refractivity contribution in [3.63, 3.8) is 0 Å². The molecule has 0 saturated heterocycles. The first kappa shape index (κ1) is 21.2. The first-order valence-electron chi connectivity index (χ1n) is 7.09. The summed E-state index contributed by atoms with van der Waals surface area (Å²) in [7, 11) is 0. The van der Waals surface area contributed by atoms with Crippen LogP contribution in [0, 0.1) is 5.92 Å². The van der Waals surface area contributed by atoms with Crippen LogP contribution in [0.15, 0.2) is 0 Å². The minimum Gasteiger partial charge on any atom is -0.481 e. The molecule has 0 aliphatic heterocycles. The van der Waals surface area contributed by atoms with Gasteiger partial charge in [-0.1, -0.05) is 20.3 Å². The van der Waals surface area contributed by atoms with E-state index in [1.54, 1.807) is 0 Å². The molecule has 120 valence electrons. The number of unbranched alkanes of at least 4 members (excludes halogenated alkanes) is 1. The average molecular weight is 292 g/mol. The van der Waals surface area contributed by atoms with E-state index in [0.29, 0.717) is 12.8 Å². The van der Waals surface area contributed by atoms with Crippen LogP contribution in [-0.4, -0.2) is 45.1 Å². The Hall–Kier alpha value is -1.14. The van der Waals surface area contributed by atoms with E-state index in [1.165, 1.54) is 0 Å². The Kier molecular flexibility index (Phi) is 15.1. The molecule has 2 atom stereocenters. The van der Waals surface area contributed by atoms with Crippen molar-refractivity contribution in [2.45, 2.75) is 64.9 Å². The number of hydrogen-bond acceptors (Lipinski definition) is 4. The molecule has 0 bridgehead atoms. The molecule has 0 amide bonds. The van der Waals surface area contributed by atoms with Crippen molar-refractivity contribution in [2.75, 3.05) is 6.61 Å². The van der Waals surface area contributed by atoms with Crippen LogP contribution in [0.2, 0.25) is 0 Å². The number of hydrogen-bond donors (Lipinski definition) is 4. The van der Waals surface area contributed by atoms with Gasteiger partial charge in [0.2, 0.25) is 0 Å². The standard InChI is InChI=1S/C8H18O2.C6H10O4/c1-3-7(6-9)5-8(10)4-2;7-5(8)3-1-2-4-6(9)10/h7-10H,3-6H2,1-2H3;1-4H2,(H,7,8)(H,9,10). The van der Waals surface area contributed by atoms with Gasteiger partial charge in [0.15, 0.2) is 0 Å². The highest BCUT2D eigenvalue weighted by Gasteiger charge is 2.09. The number of aliphatic carboxylic acids is 2. The van der Waals surface area contributed by atoms with Crippen LogP contribution in [0.5, 0.6) is 0 Å². The number of carboxylic acid groups (broad SMARTS) is 2. The summed E-state index contributed by atoms with van der Waals surface area (Å²) in [6, 6.07) is 0. The van der Waals surface area contributed by atoms with Gasteiger partial charge in [-0.3, -0.25) is 9.59 Å². The molecular weight excluding hydrogens is 264 g/mol. The van der Waals surface area contributed by atoms with Crippen LogP contribution < -0.4 is 0 Å². The molecular formula is C14H28O6. The normalized spacial score (nSPS) is 13.0. The molecule has 0 spiro atoms. The maximum atomic E-state index is 9.90. The van der Waals surface area contributed by atoms with Gasteiger partial charge in [-0.05, 0) is 31.6 Å². The van der Waals surface area contributed by atoms with Crippen molar-refractivity contribution in [1.29, 1.82) is 0 Å². The van der Waals surface area contributed by atoms with E-state index in [1.807, 2.05) is 13.8 Å². The zero-order chi connectivity index (χ0) is 16.0. The highest BCUT2D eigenvalue weighted by molar-refractivity contribution is 5.67. The Labute approximate surface area is 120 Å². The lowest BCUT2D eigenvalue weighted by atomic mass is 9.99. The van der Waals surface area contributed by atoms with E-state index < -0.39 is 11.9 Å². The molecule has 0 heterocycles. The topological polar surface area (TPSA) is 115 Å². The molecule has 0 aromatic heterocycles. The van der Waals surface area contributed by atoms with Crippen molar-refractivity contribution >= 4 is 11.9 Å². The van der Waals surface area contributed by atoms with E-state index in [2.05, 4.69) is 0 Å². The van der Waals surface area contributed by atoms with Gasteiger partial charge in [-0.2, -0.15) is 0 Å². The quantitative estimate of drug-likeness (QED) is 0.457. The fourth-order valence-electron chi connectivity index (χ4n) is 1.47. The van der Waals surface area contributed by atoms with E-state index in [0.717, 1.165) is 19.3 Å². The molecule has 0 aliphatic rings. The maximum absolute atomic E-state index is 9.90. The molecule has 4 N–H and O–H groups in total. The van der Waals surface area contributed by atoms with Crippen molar-refractivity contribution in [2.24, 2.45) is 5.92 Å². The number of aliphatic hydroxyl groups excluding tert-OH is 2. The molecule has 2 unspecified atom stereocenters. The van der Waals surface area contributed by atoms with Crippen molar-refractivity contribution in [1.82, 2.24) is 0 Å². The predicted octanol–water partition coefficient (Wildman–Crippen LogP) is 1.88. The monoisotopic (exact) mass is 292 g/mol. The Balaban J connectivity index is 0. The summed E-state index contributed by atoms with van der Waals surface area (Å²) in [5.41, 5.74) is 0. The Morgan fingerprint density at radius 1 is 0.950 bits per heavy atom. The Morgan fingerprint density at radius 3 is 1.65 bits per heavy atom. The summed E-state index contributed by atoms with van der Waals surface area (Å²) >= 11 is 0. The fraction of sp³-hybridized carbons (Fsp3) is 0.857. The lowest BCUT2D eigenvalue weighted by Crippen LogP contribution is -2.14. The summed E-state index contributed by atoms with van der Waals surface area (Å²) in [5.74, 6) is -1.45. The van der Waals surface area contributed by atoms with Gasteiger partial charge in [0.25, 0.3) is 0 Å². The smallest absolute Gasteiger partial charge is 0.303 e. The molecule has 0 aromatic carbocycles. The highest BCUT2D eigenvalue weighted by atomic mass is 16.4. The molecule has 0 aliphatic carbocycles.